The Morgan fingerprint density at radius 2 is 1.87 bits per heavy atom. The molecule has 162 valence electrons. The Kier molecular flexibility index (Phi) is 5.38. The van der Waals surface area contributed by atoms with Crippen molar-refractivity contribution in [3.63, 3.8) is 0 Å². The highest BCUT2D eigenvalue weighted by atomic mass is 19.2. The number of halogens is 3. The summed E-state index contributed by atoms with van der Waals surface area (Å²) in [7, 11) is 0. The van der Waals surface area contributed by atoms with Gasteiger partial charge in [0.15, 0.2) is 17.5 Å². The summed E-state index contributed by atoms with van der Waals surface area (Å²) in [6, 6.07) is 3.07. The third kappa shape index (κ3) is 3.97. The first-order valence-corrected chi connectivity index (χ1v) is 9.71. The van der Waals surface area contributed by atoms with Crippen molar-refractivity contribution in [1.82, 2.24) is 10.1 Å². The molecule has 0 bridgehead atoms. The van der Waals surface area contributed by atoms with Gasteiger partial charge >= 0.3 is 0 Å². The molecule has 0 aliphatic heterocycles. The summed E-state index contributed by atoms with van der Waals surface area (Å²) < 4.78 is 45.7. The topological polar surface area (TPSA) is 105 Å². The number of amides is 1. The van der Waals surface area contributed by atoms with Gasteiger partial charge in [0.25, 0.3) is 17.2 Å². The molecule has 0 spiro atoms. The van der Waals surface area contributed by atoms with Gasteiger partial charge in [-0.25, -0.2) is 18.2 Å². The van der Waals surface area contributed by atoms with Crippen molar-refractivity contribution in [2.24, 2.45) is 11.8 Å². The smallest absolute Gasteiger partial charge is 0.292 e. The van der Waals surface area contributed by atoms with Crippen LogP contribution in [0.5, 0.6) is 0 Å². The number of anilines is 1. The van der Waals surface area contributed by atoms with Crippen LogP contribution < -0.4 is 10.9 Å². The van der Waals surface area contributed by atoms with Gasteiger partial charge in [0, 0.05) is 5.92 Å². The molecule has 1 aliphatic rings. The molecule has 0 saturated heterocycles. The number of hydrogen-bond donors (Lipinski definition) is 2. The maximum Gasteiger partial charge on any atom is 0.292 e. The van der Waals surface area contributed by atoms with Crippen LogP contribution in [0.25, 0.3) is 11.1 Å². The zero-order chi connectivity index (χ0) is 22.3. The van der Waals surface area contributed by atoms with Crippen molar-refractivity contribution in [2.75, 3.05) is 5.32 Å². The molecule has 3 aromatic rings. The summed E-state index contributed by atoms with van der Waals surface area (Å²) in [5, 5.41) is 4.63. The van der Waals surface area contributed by atoms with Gasteiger partial charge in [-0.1, -0.05) is 13.3 Å². The summed E-state index contributed by atoms with van der Waals surface area (Å²) in [6.07, 6.45) is 2.69. The lowest BCUT2D eigenvalue weighted by Gasteiger charge is -2.34. The first-order valence-electron chi connectivity index (χ1n) is 9.71. The van der Waals surface area contributed by atoms with E-state index in [1.54, 1.807) is 0 Å². The standard InChI is InChI=1S/C21H18F3N3O4/c1-9-2-3-12(10-5-15(22)17(24)16(23)6-10)13(4-9)18(28)20(30)26-11-7-14-19(29)27-31-21(14)25-8-11/h5-9,12-13H,2-4H2,1H3,(H,26,30)(H,27,29)/t9-,12+,13?/m1/s1. The summed E-state index contributed by atoms with van der Waals surface area (Å²) >= 11 is 0. The predicted octanol–water partition coefficient (Wildman–Crippen LogP) is 3.66. The monoisotopic (exact) mass is 433 g/mol. The number of carbonyl (C=O) groups is 2. The van der Waals surface area contributed by atoms with Crippen molar-refractivity contribution >= 4 is 28.5 Å². The van der Waals surface area contributed by atoms with Gasteiger partial charge in [0.1, 0.15) is 5.39 Å². The number of ketones is 1. The fourth-order valence-electron chi connectivity index (χ4n) is 4.13. The molecule has 1 amide bonds. The number of pyridine rings is 1. The molecular formula is C21H18F3N3O4. The number of benzene rings is 1. The van der Waals surface area contributed by atoms with Crippen LogP contribution in [0.2, 0.25) is 0 Å². The van der Waals surface area contributed by atoms with E-state index in [2.05, 4.69) is 15.5 Å². The molecule has 1 fully saturated rings. The van der Waals surface area contributed by atoms with Crippen LogP contribution in [0, 0.1) is 29.3 Å². The molecule has 2 N–H and O–H groups in total. The molecule has 1 unspecified atom stereocenters. The Morgan fingerprint density at radius 3 is 2.58 bits per heavy atom. The van der Waals surface area contributed by atoms with E-state index in [1.165, 1.54) is 12.3 Å². The van der Waals surface area contributed by atoms with E-state index in [1.807, 2.05) is 6.92 Å². The molecule has 7 nitrogen and oxygen atoms in total. The Hall–Kier alpha value is -3.43. The number of nitrogens with one attached hydrogen (secondary N) is 2. The van der Waals surface area contributed by atoms with Crippen LogP contribution in [0.3, 0.4) is 0 Å². The van der Waals surface area contributed by atoms with Gasteiger partial charge in [-0.05, 0) is 48.4 Å². The number of fused-ring (bicyclic) bond motifs is 1. The molecule has 0 radical (unpaired) electrons. The van der Waals surface area contributed by atoms with Crippen LogP contribution in [0.1, 0.15) is 37.7 Å². The molecule has 1 aliphatic carbocycles. The lowest BCUT2D eigenvalue weighted by atomic mass is 9.70. The van der Waals surface area contributed by atoms with E-state index in [-0.39, 0.29) is 28.3 Å². The van der Waals surface area contributed by atoms with Crippen molar-refractivity contribution in [3.8, 4) is 0 Å². The molecule has 2 aromatic heterocycles. The highest BCUT2D eigenvalue weighted by Gasteiger charge is 2.38. The molecular weight excluding hydrogens is 415 g/mol. The summed E-state index contributed by atoms with van der Waals surface area (Å²) in [5.41, 5.74) is -0.221. The zero-order valence-electron chi connectivity index (χ0n) is 16.4. The van der Waals surface area contributed by atoms with Crippen LogP contribution in [0.15, 0.2) is 33.7 Å². The van der Waals surface area contributed by atoms with E-state index in [9.17, 15) is 27.6 Å². The van der Waals surface area contributed by atoms with E-state index in [4.69, 9.17) is 4.52 Å². The second-order valence-electron chi connectivity index (χ2n) is 7.86. The minimum Gasteiger partial charge on any atom is -0.358 e. The SMILES string of the molecule is C[C@@H]1CC[C@@H](c2cc(F)c(F)c(F)c2)C(C(=O)C(=O)Nc2cnc3o[nH]c(=O)c3c2)C1. The van der Waals surface area contributed by atoms with Gasteiger partial charge in [-0.15, -0.1) is 0 Å². The maximum atomic E-state index is 13.8. The highest BCUT2D eigenvalue weighted by Crippen LogP contribution is 2.41. The number of nitrogens with zero attached hydrogens (tertiary/aromatic N) is 1. The molecule has 2 heterocycles. The van der Waals surface area contributed by atoms with E-state index in [0.29, 0.717) is 19.3 Å². The predicted molar refractivity (Wildman–Crippen MR) is 104 cm³/mol. The average molecular weight is 433 g/mol. The number of Topliss-reactive ketones (excluding diaryl/α,β-unsaturated/α-hetero) is 1. The molecule has 31 heavy (non-hydrogen) atoms. The van der Waals surface area contributed by atoms with Crippen molar-refractivity contribution in [2.45, 2.75) is 32.1 Å². The minimum atomic E-state index is -1.58. The fraction of sp³-hybridized carbons (Fsp3) is 0.333. The molecule has 1 saturated carbocycles. The summed E-state index contributed by atoms with van der Waals surface area (Å²) in [6.45, 7) is 1.92. The fourth-order valence-corrected chi connectivity index (χ4v) is 4.13. The average Bonchev–Trinajstić information content (AvgIpc) is 3.11. The second-order valence-corrected chi connectivity index (χ2v) is 7.86. The summed E-state index contributed by atoms with van der Waals surface area (Å²) in [4.78, 5) is 41.1. The third-order valence-electron chi connectivity index (χ3n) is 5.70. The molecule has 10 heteroatoms. The van der Waals surface area contributed by atoms with Gasteiger partial charge in [0.2, 0.25) is 5.78 Å². The largest absolute Gasteiger partial charge is 0.358 e. The van der Waals surface area contributed by atoms with E-state index >= 15 is 0 Å². The Bertz CT molecular complexity index is 1210. The van der Waals surface area contributed by atoms with Crippen molar-refractivity contribution in [1.29, 1.82) is 0 Å². The Balaban J connectivity index is 1.59. The zero-order valence-corrected chi connectivity index (χ0v) is 16.4. The molecule has 4 rings (SSSR count). The number of aromatic amines is 1. The minimum absolute atomic E-state index is 0.0517. The number of rotatable bonds is 4. The lowest BCUT2D eigenvalue weighted by molar-refractivity contribution is -0.138. The quantitative estimate of drug-likeness (QED) is 0.483. The number of H-pyrrole nitrogens is 1. The van der Waals surface area contributed by atoms with Gasteiger partial charge in [-0.2, -0.15) is 5.16 Å². The molecule has 1 aromatic carbocycles. The Morgan fingerprint density at radius 1 is 1.16 bits per heavy atom. The second kappa shape index (κ2) is 8.01. The number of carbonyl (C=O) groups excluding carboxylic acids is 2. The van der Waals surface area contributed by atoms with Crippen LogP contribution >= 0.6 is 0 Å². The normalized spacial score (nSPS) is 21.2. The number of hydrogen-bond acceptors (Lipinski definition) is 5. The lowest BCUT2D eigenvalue weighted by Crippen LogP contribution is -2.36. The van der Waals surface area contributed by atoms with Gasteiger partial charge in [0.05, 0.1) is 11.9 Å². The number of aromatic nitrogens is 2. The van der Waals surface area contributed by atoms with Gasteiger partial charge < -0.3 is 9.84 Å². The van der Waals surface area contributed by atoms with E-state index in [0.717, 1.165) is 12.1 Å². The van der Waals surface area contributed by atoms with Crippen LogP contribution in [0.4, 0.5) is 18.9 Å². The van der Waals surface area contributed by atoms with Crippen LogP contribution in [-0.4, -0.2) is 21.8 Å². The Labute approximate surface area is 173 Å². The summed E-state index contributed by atoms with van der Waals surface area (Å²) in [5.74, 6) is -7.29. The first kappa shape index (κ1) is 20.8. The molecule has 3 atom stereocenters. The third-order valence-corrected chi connectivity index (χ3v) is 5.70. The first-order chi connectivity index (χ1) is 14.7. The van der Waals surface area contributed by atoms with Crippen molar-refractivity contribution < 1.29 is 27.3 Å². The van der Waals surface area contributed by atoms with Crippen molar-refractivity contribution in [3.05, 3.63) is 57.8 Å². The van der Waals surface area contributed by atoms with Gasteiger partial charge in [-0.3, -0.25) is 14.4 Å². The highest BCUT2D eigenvalue weighted by molar-refractivity contribution is 6.41. The maximum absolute atomic E-state index is 13.8. The van der Waals surface area contributed by atoms with E-state index < -0.39 is 46.5 Å². The van der Waals surface area contributed by atoms with Crippen LogP contribution in [-0.2, 0) is 9.59 Å².